The summed E-state index contributed by atoms with van der Waals surface area (Å²) in [6.07, 6.45) is 0. The molecule has 2 unspecified atom stereocenters. The van der Waals surface area contributed by atoms with Crippen LogP contribution in [-0.2, 0) is 14.3 Å². The number of amides is 2. The maximum Gasteiger partial charge on any atom is 0.228 e. The van der Waals surface area contributed by atoms with E-state index in [9.17, 15) is 9.59 Å². The van der Waals surface area contributed by atoms with Gasteiger partial charge in [-0.1, -0.05) is 38.1 Å². The molecule has 3 rings (SSSR count). The predicted octanol–water partition coefficient (Wildman–Crippen LogP) is 2.05. The van der Waals surface area contributed by atoms with Gasteiger partial charge in [-0.3, -0.25) is 9.59 Å². The lowest BCUT2D eigenvalue weighted by molar-refractivity contribution is -0.140. The lowest BCUT2D eigenvalue weighted by Gasteiger charge is -2.31. The Labute approximate surface area is 149 Å². The second-order valence-corrected chi connectivity index (χ2v) is 7.41. The zero-order valence-corrected chi connectivity index (χ0v) is 15.4. The third kappa shape index (κ3) is 3.71. The van der Waals surface area contributed by atoms with Gasteiger partial charge in [0.05, 0.1) is 19.1 Å². The van der Waals surface area contributed by atoms with Crippen LogP contribution >= 0.6 is 0 Å². The first-order valence-corrected chi connectivity index (χ1v) is 9.20. The Morgan fingerprint density at radius 3 is 2.40 bits per heavy atom. The summed E-state index contributed by atoms with van der Waals surface area (Å²) in [5, 5.41) is 0. The van der Waals surface area contributed by atoms with Crippen molar-refractivity contribution in [2.75, 3.05) is 39.4 Å². The summed E-state index contributed by atoms with van der Waals surface area (Å²) in [6, 6.07) is 8.22. The molecule has 0 aromatic heterocycles. The molecule has 0 radical (unpaired) electrons. The van der Waals surface area contributed by atoms with Crippen molar-refractivity contribution in [3.05, 3.63) is 35.4 Å². The molecule has 0 saturated carbocycles. The van der Waals surface area contributed by atoms with E-state index in [1.54, 1.807) is 0 Å². The van der Waals surface area contributed by atoms with Crippen LogP contribution in [-0.4, -0.2) is 61.0 Å². The molecule has 2 amide bonds. The highest BCUT2D eigenvalue weighted by atomic mass is 16.5. The fourth-order valence-corrected chi connectivity index (χ4v) is 3.94. The maximum atomic E-state index is 13.2. The Kier molecular flexibility index (Phi) is 5.42. The Bertz CT molecular complexity index is 638. The van der Waals surface area contributed by atoms with Crippen molar-refractivity contribution in [3.8, 4) is 0 Å². The molecule has 0 bridgehead atoms. The molecule has 136 valence electrons. The van der Waals surface area contributed by atoms with Crippen LogP contribution in [0.4, 0.5) is 0 Å². The molecule has 1 aromatic rings. The minimum atomic E-state index is -0.165. The monoisotopic (exact) mass is 344 g/mol. The van der Waals surface area contributed by atoms with Crippen molar-refractivity contribution in [1.82, 2.24) is 9.80 Å². The average Bonchev–Trinajstić information content (AvgIpc) is 3.06. The molecular weight excluding hydrogens is 316 g/mol. The van der Waals surface area contributed by atoms with E-state index in [4.69, 9.17) is 4.74 Å². The van der Waals surface area contributed by atoms with Crippen LogP contribution < -0.4 is 0 Å². The molecule has 1 aromatic carbocycles. The number of aryl methyl sites for hydroxylation is 1. The molecule has 2 aliphatic rings. The smallest absolute Gasteiger partial charge is 0.228 e. The van der Waals surface area contributed by atoms with Crippen LogP contribution in [0.5, 0.6) is 0 Å². The Hall–Kier alpha value is -1.88. The first-order valence-electron chi connectivity index (χ1n) is 9.20. The van der Waals surface area contributed by atoms with Crippen LogP contribution in [0.25, 0.3) is 0 Å². The van der Waals surface area contributed by atoms with Gasteiger partial charge in [0.1, 0.15) is 0 Å². The first-order chi connectivity index (χ1) is 12.0. The van der Waals surface area contributed by atoms with Crippen molar-refractivity contribution in [3.63, 3.8) is 0 Å². The van der Waals surface area contributed by atoms with Gasteiger partial charge in [0.2, 0.25) is 11.8 Å². The number of morpholine rings is 1. The van der Waals surface area contributed by atoms with E-state index in [0.717, 1.165) is 0 Å². The third-order valence-corrected chi connectivity index (χ3v) is 5.35. The highest BCUT2D eigenvalue weighted by Gasteiger charge is 2.42. The Balaban J connectivity index is 1.87. The van der Waals surface area contributed by atoms with Gasteiger partial charge >= 0.3 is 0 Å². The van der Waals surface area contributed by atoms with Gasteiger partial charge in [-0.15, -0.1) is 0 Å². The summed E-state index contributed by atoms with van der Waals surface area (Å²) in [4.78, 5) is 29.5. The number of rotatable bonds is 3. The van der Waals surface area contributed by atoms with E-state index in [1.807, 2.05) is 35.8 Å². The number of likely N-dealkylation sites (tertiary alicyclic amines) is 1. The van der Waals surface area contributed by atoms with Crippen LogP contribution in [0.2, 0.25) is 0 Å². The summed E-state index contributed by atoms with van der Waals surface area (Å²) >= 11 is 0. The number of hydrogen-bond acceptors (Lipinski definition) is 3. The number of nitrogens with zero attached hydrogens (tertiary/aromatic N) is 2. The van der Waals surface area contributed by atoms with Crippen LogP contribution in [0.3, 0.4) is 0 Å². The van der Waals surface area contributed by atoms with Gasteiger partial charge in [0.25, 0.3) is 0 Å². The van der Waals surface area contributed by atoms with Crippen molar-refractivity contribution in [2.24, 2.45) is 11.8 Å². The lowest BCUT2D eigenvalue weighted by Crippen LogP contribution is -2.45. The summed E-state index contributed by atoms with van der Waals surface area (Å²) < 4.78 is 5.38. The number of carbonyl (C=O) groups excluding carboxylic acids is 2. The van der Waals surface area contributed by atoms with Gasteiger partial charge in [-0.2, -0.15) is 0 Å². The largest absolute Gasteiger partial charge is 0.378 e. The molecule has 5 nitrogen and oxygen atoms in total. The molecule has 5 heteroatoms. The minimum absolute atomic E-state index is 0.0465. The second kappa shape index (κ2) is 7.56. The molecule has 2 fully saturated rings. The molecule has 0 aliphatic carbocycles. The van der Waals surface area contributed by atoms with E-state index < -0.39 is 0 Å². The van der Waals surface area contributed by atoms with Crippen molar-refractivity contribution >= 4 is 11.8 Å². The van der Waals surface area contributed by atoms with Gasteiger partial charge < -0.3 is 14.5 Å². The highest BCUT2D eigenvalue weighted by Crippen LogP contribution is 2.36. The second-order valence-electron chi connectivity index (χ2n) is 7.41. The zero-order valence-electron chi connectivity index (χ0n) is 15.4. The fraction of sp³-hybridized carbons (Fsp3) is 0.600. The standard InChI is InChI=1S/C20H28N2O3/c1-14(2)19(23)22-12-17(16-7-5-4-6-15(16)3)18(13-22)20(24)21-8-10-25-11-9-21/h4-7,14,17-18H,8-13H2,1-3H3. The van der Waals surface area contributed by atoms with E-state index in [-0.39, 0.29) is 29.6 Å². The van der Waals surface area contributed by atoms with E-state index >= 15 is 0 Å². The zero-order chi connectivity index (χ0) is 18.0. The Morgan fingerprint density at radius 1 is 1.08 bits per heavy atom. The Morgan fingerprint density at radius 2 is 1.76 bits per heavy atom. The predicted molar refractivity (Wildman–Crippen MR) is 96.2 cm³/mol. The van der Waals surface area contributed by atoms with E-state index in [0.29, 0.717) is 39.4 Å². The number of ether oxygens (including phenoxy) is 1. The molecular formula is C20H28N2O3. The van der Waals surface area contributed by atoms with Gasteiger partial charge in [-0.25, -0.2) is 0 Å². The van der Waals surface area contributed by atoms with Crippen molar-refractivity contribution in [1.29, 1.82) is 0 Å². The van der Waals surface area contributed by atoms with Crippen LogP contribution in [0.1, 0.15) is 30.9 Å². The molecule has 2 heterocycles. The number of hydrogen-bond donors (Lipinski definition) is 0. The molecule has 2 aliphatic heterocycles. The maximum absolute atomic E-state index is 13.2. The molecule has 0 spiro atoms. The summed E-state index contributed by atoms with van der Waals surface area (Å²) in [7, 11) is 0. The summed E-state index contributed by atoms with van der Waals surface area (Å²) in [6.45, 7) is 9.56. The quantitative estimate of drug-likeness (QED) is 0.843. The summed E-state index contributed by atoms with van der Waals surface area (Å²) in [5.74, 6) is 0.155. The van der Waals surface area contributed by atoms with E-state index in [1.165, 1.54) is 11.1 Å². The highest BCUT2D eigenvalue weighted by molar-refractivity contribution is 5.84. The van der Waals surface area contributed by atoms with Crippen molar-refractivity contribution in [2.45, 2.75) is 26.7 Å². The van der Waals surface area contributed by atoms with Crippen molar-refractivity contribution < 1.29 is 14.3 Å². The first kappa shape index (κ1) is 17.9. The van der Waals surface area contributed by atoms with Gasteiger partial charge in [-0.05, 0) is 18.1 Å². The average molecular weight is 344 g/mol. The number of benzene rings is 1. The number of carbonyl (C=O) groups is 2. The third-order valence-electron chi connectivity index (χ3n) is 5.35. The van der Waals surface area contributed by atoms with Crippen LogP contribution in [0.15, 0.2) is 24.3 Å². The molecule has 25 heavy (non-hydrogen) atoms. The van der Waals surface area contributed by atoms with Gasteiger partial charge in [0.15, 0.2) is 0 Å². The molecule has 2 atom stereocenters. The minimum Gasteiger partial charge on any atom is -0.378 e. The molecule has 2 saturated heterocycles. The lowest BCUT2D eigenvalue weighted by atomic mass is 9.85. The summed E-state index contributed by atoms with van der Waals surface area (Å²) in [5.41, 5.74) is 2.37. The SMILES string of the molecule is Cc1ccccc1C1CN(C(=O)C(C)C)CC1C(=O)N1CCOCC1. The van der Waals surface area contributed by atoms with Crippen LogP contribution in [0, 0.1) is 18.8 Å². The normalized spacial score (nSPS) is 24.0. The van der Waals surface area contributed by atoms with E-state index in [2.05, 4.69) is 19.1 Å². The fourth-order valence-electron chi connectivity index (χ4n) is 3.94. The molecule has 0 N–H and O–H groups in total. The van der Waals surface area contributed by atoms with Gasteiger partial charge in [0, 0.05) is 38.0 Å². The topological polar surface area (TPSA) is 49.9 Å².